The van der Waals surface area contributed by atoms with Crippen molar-refractivity contribution in [3.63, 3.8) is 0 Å². The number of rotatable bonds is 4. The van der Waals surface area contributed by atoms with Gasteiger partial charge in [-0.2, -0.15) is 0 Å². The predicted molar refractivity (Wildman–Crippen MR) is 88.6 cm³/mol. The van der Waals surface area contributed by atoms with E-state index in [1.807, 2.05) is 13.0 Å². The molecule has 1 aliphatic rings. The number of carbonyl (C=O) groups excluding carboxylic acids is 2. The summed E-state index contributed by atoms with van der Waals surface area (Å²) in [5, 5.41) is 2.76. The van der Waals surface area contributed by atoms with Crippen LogP contribution in [0.25, 0.3) is 0 Å². The van der Waals surface area contributed by atoms with Crippen LogP contribution in [0.3, 0.4) is 0 Å². The molecule has 120 valence electrons. The van der Waals surface area contributed by atoms with Crippen LogP contribution in [0.5, 0.6) is 0 Å². The van der Waals surface area contributed by atoms with Crippen molar-refractivity contribution in [2.45, 2.75) is 19.8 Å². The van der Waals surface area contributed by atoms with Crippen molar-refractivity contribution in [1.29, 1.82) is 0 Å². The molecule has 6 nitrogen and oxygen atoms in total. The second-order valence-electron chi connectivity index (χ2n) is 5.23. The molecule has 2 rings (SSSR count). The van der Waals surface area contributed by atoms with E-state index in [2.05, 4.69) is 21.2 Å². The Morgan fingerprint density at radius 3 is 2.68 bits per heavy atom. The number of hydrogen-bond acceptors (Lipinski definition) is 4. The lowest BCUT2D eigenvalue weighted by atomic mass is 10.1. The number of nitrogens with zero attached hydrogens (tertiary/aromatic N) is 1. The zero-order valence-corrected chi connectivity index (χ0v) is 14.1. The van der Waals surface area contributed by atoms with Crippen molar-refractivity contribution in [3.8, 4) is 0 Å². The first kappa shape index (κ1) is 16.8. The van der Waals surface area contributed by atoms with Gasteiger partial charge in [0.1, 0.15) is 0 Å². The van der Waals surface area contributed by atoms with Gasteiger partial charge in [0.25, 0.3) is 0 Å². The molecule has 7 heteroatoms. The first-order valence-corrected chi connectivity index (χ1v) is 7.97. The van der Waals surface area contributed by atoms with E-state index in [0.29, 0.717) is 37.7 Å². The molecule has 0 aliphatic carbocycles. The normalized spacial score (nSPS) is 14.7. The topological polar surface area (TPSA) is 84.7 Å². The summed E-state index contributed by atoms with van der Waals surface area (Å²) in [7, 11) is 0. The van der Waals surface area contributed by atoms with E-state index in [0.717, 1.165) is 10.0 Å². The maximum Gasteiger partial charge on any atom is 0.224 e. The molecular formula is C15H20BrN3O3. The molecule has 0 saturated carbocycles. The average Bonchev–Trinajstić information content (AvgIpc) is 2.50. The molecule has 0 aromatic heterocycles. The molecule has 3 N–H and O–H groups in total. The summed E-state index contributed by atoms with van der Waals surface area (Å²) in [6.45, 7) is 4.19. The lowest BCUT2D eigenvalue weighted by Gasteiger charge is -2.26. The zero-order chi connectivity index (χ0) is 16.1. The second kappa shape index (κ2) is 7.60. The van der Waals surface area contributed by atoms with Gasteiger partial charge in [-0.3, -0.25) is 9.59 Å². The van der Waals surface area contributed by atoms with Gasteiger partial charge in [0.2, 0.25) is 11.8 Å². The van der Waals surface area contributed by atoms with Gasteiger partial charge in [0, 0.05) is 30.4 Å². The molecule has 1 fully saturated rings. The largest absolute Gasteiger partial charge is 0.397 e. The van der Waals surface area contributed by atoms with E-state index in [4.69, 9.17) is 10.5 Å². The van der Waals surface area contributed by atoms with Crippen LogP contribution in [0.15, 0.2) is 16.6 Å². The molecule has 0 atom stereocenters. The molecule has 1 saturated heterocycles. The molecular weight excluding hydrogens is 350 g/mol. The van der Waals surface area contributed by atoms with Crippen molar-refractivity contribution in [2.24, 2.45) is 0 Å². The Morgan fingerprint density at radius 2 is 2.00 bits per heavy atom. The maximum absolute atomic E-state index is 12.0. The quantitative estimate of drug-likeness (QED) is 0.794. The van der Waals surface area contributed by atoms with E-state index in [1.54, 1.807) is 11.0 Å². The highest BCUT2D eigenvalue weighted by Crippen LogP contribution is 2.27. The third-order valence-corrected chi connectivity index (χ3v) is 4.01. The van der Waals surface area contributed by atoms with E-state index in [-0.39, 0.29) is 24.7 Å². The third-order valence-electron chi connectivity index (χ3n) is 3.56. The minimum atomic E-state index is -0.217. The molecule has 1 aliphatic heterocycles. The Morgan fingerprint density at radius 1 is 1.32 bits per heavy atom. The highest BCUT2D eigenvalue weighted by Gasteiger charge is 2.18. The number of morpholine rings is 1. The van der Waals surface area contributed by atoms with E-state index >= 15 is 0 Å². The van der Waals surface area contributed by atoms with Gasteiger partial charge in [-0.15, -0.1) is 0 Å². The summed E-state index contributed by atoms with van der Waals surface area (Å²) in [5.74, 6) is -0.234. The number of aryl methyl sites for hydroxylation is 1. The summed E-state index contributed by atoms with van der Waals surface area (Å²) >= 11 is 3.37. The van der Waals surface area contributed by atoms with Gasteiger partial charge in [-0.1, -0.05) is 15.9 Å². The van der Waals surface area contributed by atoms with Crippen LogP contribution in [0.4, 0.5) is 11.4 Å². The Balaban J connectivity index is 1.86. The molecule has 0 spiro atoms. The van der Waals surface area contributed by atoms with Crippen molar-refractivity contribution >= 4 is 39.1 Å². The summed E-state index contributed by atoms with van der Waals surface area (Å²) < 4.78 is 6.04. The number of hydrogen-bond donors (Lipinski definition) is 2. The SMILES string of the molecule is Cc1cc(Br)cc(NC(=O)CCC(=O)N2CCOCC2)c1N. The first-order chi connectivity index (χ1) is 10.5. The summed E-state index contributed by atoms with van der Waals surface area (Å²) in [6.07, 6.45) is 0.333. The van der Waals surface area contributed by atoms with Gasteiger partial charge >= 0.3 is 0 Å². The number of anilines is 2. The monoisotopic (exact) mass is 369 g/mol. The number of ether oxygens (including phenoxy) is 1. The van der Waals surface area contributed by atoms with Crippen molar-refractivity contribution < 1.29 is 14.3 Å². The third kappa shape index (κ3) is 4.45. The molecule has 0 radical (unpaired) electrons. The fourth-order valence-corrected chi connectivity index (χ4v) is 2.83. The van der Waals surface area contributed by atoms with E-state index < -0.39 is 0 Å². The highest BCUT2D eigenvalue weighted by molar-refractivity contribution is 9.10. The number of nitrogens with one attached hydrogen (secondary N) is 1. The second-order valence-corrected chi connectivity index (χ2v) is 6.14. The minimum absolute atomic E-state index is 0.0168. The van der Waals surface area contributed by atoms with Crippen LogP contribution in [0.1, 0.15) is 18.4 Å². The van der Waals surface area contributed by atoms with Crippen LogP contribution in [-0.4, -0.2) is 43.0 Å². The summed E-state index contributed by atoms with van der Waals surface area (Å²) in [6, 6.07) is 3.64. The maximum atomic E-state index is 12.0. The Labute approximate surface area is 138 Å². The lowest BCUT2D eigenvalue weighted by molar-refractivity contribution is -0.136. The fraction of sp³-hybridized carbons (Fsp3) is 0.467. The van der Waals surface area contributed by atoms with Gasteiger partial charge in [0.05, 0.1) is 24.6 Å². The first-order valence-electron chi connectivity index (χ1n) is 7.18. The number of nitrogen functional groups attached to an aromatic ring is 1. The number of carbonyl (C=O) groups is 2. The zero-order valence-electron chi connectivity index (χ0n) is 12.5. The van der Waals surface area contributed by atoms with Crippen LogP contribution in [0, 0.1) is 6.92 Å². The van der Waals surface area contributed by atoms with E-state index in [9.17, 15) is 9.59 Å². The molecule has 1 heterocycles. The van der Waals surface area contributed by atoms with Crippen LogP contribution in [-0.2, 0) is 14.3 Å². The molecule has 0 unspecified atom stereocenters. The smallest absolute Gasteiger partial charge is 0.224 e. The van der Waals surface area contributed by atoms with Crippen LogP contribution >= 0.6 is 15.9 Å². The van der Waals surface area contributed by atoms with E-state index in [1.165, 1.54) is 0 Å². The number of amides is 2. The van der Waals surface area contributed by atoms with Gasteiger partial charge in [-0.05, 0) is 24.6 Å². The van der Waals surface area contributed by atoms with Crippen molar-refractivity contribution in [1.82, 2.24) is 4.90 Å². The van der Waals surface area contributed by atoms with Crippen molar-refractivity contribution in [3.05, 3.63) is 22.2 Å². The molecule has 22 heavy (non-hydrogen) atoms. The summed E-state index contributed by atoms with van der Waals surface area (Å²) in [4.78, 5) is 25.7. The minimum Gasteiger partial charge on any atom is -0.397 e. The molecule has 0 bridgehead atoms. The molecule has 1 aromatic carbocycles. The van der Waals surface area contributed by atoms with Crippen LogP contribution < -0.4 is 11.1 Å². The average molecular weight is 370 g/mol. The Hall–Kier alpha value is -1.60. The Bertz CT molecular complexity index is 571. The van der Waals surface area contributed by atoms with Gasteiger partial charge in [-0.25, -0.2) is 0 Å². The predicted octanol–water partition coefficient (Wildman–Crippen LogP) is 1.92. The van der Waals surface area contributed by atoms with Crippen LogP contribution in [0.2, 0.25) is 0 Å². The molecule has 1 aromatic rings. The highest BCUT2D eigenvalue weighted by atomic mass is 79.9. The lowest BCUT2D eigenvalue weighted by Crippen LogP contribution is -2.40. The fourth-order valence-electron chi connectivity index (χ4n) is 2.26. The van der Waals surface area contributed by atoms with Gasteiger partial charge in [0.15, 0.2) is 0 Å². The van der Waals surface area contributed by atoms with Gasteiger partial charge < -0.3 is 20.7 Å². The summed E-state index contributed by atoms with van der Waals surface area (Å²) in [5.41, 5.74) is 7.93. The number of halogens is 1. The number of nitrogens with two attached hydrogens (primary N) is 1. The van der Waals surface area contributed by atoms with Crippen molar-refractivity contribution in [2.75, 3.05) is 37.4 Å². The number of benzene rings is 1. The molecule has 2 amide bonds. The standard InChI is InChI=1S/C15H20BrN3O3/c1-10-8-11(16)9-12(15(10)17)18-13(20)2-3-14(21)19-4-6-22-7-5-19/h8-9H,2-7,17H2,1H3,(H,18,20). The Kier molecular flexibility index (Phi) is 5.79.